The zero-order valence-corrected chi connectivity index (χ0v) is 9.35. The summed E-state index contributed by atoms with van der Waals surface area (Å²) in [5.74, 6) is 0.572. The monoisotopic (exact) mass is 220 g/mol. The first kappa shape index (κ1) is 11.1. The van der Waals surface area contributed by atoms with Gasteiger partial charge in [0.05, 0.1) is 6.61 Å². The first-order valence-electron chi connectivity index (χ1n) is 5.58. The van der Waals surface area contributed by atoms with Gasteiger partial charge < -0.3 is 10.1 Å². The number of nitrogens with one attached hydrogen (secondary N) is 1. The van der Waals surface area contributed by atoms with E-state index < -0.39 is 6.10 Å². The predicted octanol–water partition coefficient (Wildman–Crippen LogP) is 1.84. The first-order chi connectivity index (χ1) is 7.75. The number of aromatic nitrogens is 1. The highest BCUT2D eigenvalue weighted by atomic mass is 16.5. The third kappa shape index (κ3) is 3.31. The van der Waals surface area contributed by atoms with Crippen LogP contribution in [0.3, 0.4) is 0 Å². The summed E-state index contributed by atoms with van der Waals surface area (Å²) >= 11 is 0. The third-order valence-corrected chi connectivity index (χ3v) is 2.60. The molecule has 2 rings (SSSR count). The smallest absolute Gasteiger partial charge is 0.253 e. The fourth-order valence-electron chi connectivity index (χ4n) is 1.32. The molecule has 1 heterocycles. The zero-order valence-electron chi connectivity index (χ0n) is 9.35. The number of ether oxygens (including phenoxy) is 1. The van der Waals surface area contributed by atoms with E-state index in [1.54, 1.807) is 31.5 Å². The summed E-state index contributed by atoms with van der Waals surface area (Å²) in [5.41, 5.74) is 0.752. The predicted molar refractivity (Wildman–Crippen MR) is 61.0 cm³/mol. The number of anilines is 1. The lowest BCUT2D eigenvalue weighted by molar-refractivity contribution is -0.126. The molecule has 0 saturated heterocycles. The number of nitrogens with zero attached hydrogens (tertiary/aromatic N) is 1. The van der Waals surface area contributed by atoms with Crippen LogP contribution in [-0.2, 0) is 9.53 Å². The van der Waals surface area contributed by atoms with E-state index in [1.807, 2.05) is 0 Å². The van der Waals surface area contributed by atoms with Gasteiger partial charge >= 0.3 is 0 Å². The Morgan fingerprint density at radius 1 is 1.56 bits per heavy atom. The van der Waals surface area contributed by atoms with Crippen LogP contribution < -0.4 is 5.32 Å². The number of hydrogen-bond donors (Lipinski definition) is 1. The minimum atomic E-state index is -0.395. The Balaban J connectivity index is 1.77. The Morgan fingerprint density at radius 3 is 2.88 bits per heavy atom. The van der Waals surface area contributed by atoms with Crippen molar-refractivity contribution in [1.29, 1.82) is 0 Å². The second-order valence-corrected chi connectivity index (χ2v) is 4.14. The molecule has 1 saturated carbocycles. The van der Waals surface area contributed by atoms with E-state index in [9.17, 15) is 4.79 Å². The molecule has 1 aromatic heterocycles. The van der Waals surface area contributed by atoms with Gasteiger partial charge in [0.15, 0.2) is 0 Å². The normalized spacial score (nSPS) is 16.8. The maximum absolute atomic E-state index is 11.7. The van der Waals surface area contributed by atoms with Gasteiger partial charge in [-0.3, -0.25) is 9.78 Å². The number of hydrogen-bond acceptors (Lipinski definition) is 3. The largest absolute Gasteiger partial charge is 0.368 e. The van der Waals surface area contributed by atoms with E-state index in [1.165, 1.54) is 12.8 Å². The second-order valence-electron chi connectivity index (χ2n) is 4.14. The molecular formula is C12H16N2O2. The zero-order chi connectivity index (χ0) is 11.4. The SMILES string of the molecule is C[C@H](OCC1CC1)C(=O)Nc1ccncc1. The van der Waals surface area contributed by atoms with Crippen LogP contribution in [0.4, 0.5) is 5.69 Å². The quantitative estimate of drug-likeness (QED) is 0.823. The minimum Gasteiger partial charge on any atom is -0.368 e. The Labute approximate surface area is 95.0 Å². The molecule has 86 valence electrons. The number of amides is 1. The average Bonchev–Trinajstić information content (AvgIpc) is 3.11. The van der Waals surface area contributed by atoms with Crippen LogP contribution in [0.25, 0.3) is 0 Å². The van der Waals surface area contributed by atoms with Gasteiger partial charge in [-0.1, -0.05) is 0 Å². The van der Waals surface area contributed by atoms with Crippen molar-refractivity contribution in [3.05, 3.63) is 24.5 Å². The van der Waals surface area contributed by atoms with Crippen LogP contribution >= 0.6 is 0 Å². The summed E-state index contributed by atoms with van der Waals surface area (Å²) in [5, 5.41) is 2.78. The molecule has 0 unspecified atom stereocenters. The van der Waals surface area contributed by atoms with E-state index in [4.69, 9.17) is 4.74 Å². The lowest BCUT2D eigenvalue weighted by atomic mass is 10.3. The molecule has 0 aromatic carbocycles. The first-order valence-corrected chi connectivity index (χ1v) is 5.58. The second kappa shape index (κ2) is 5.07. The highest BCUT2D eigenvalue weighted by Gasteiger charge is 2.23. The summed E-state index contributed by atoms with van der Waals surface area (Å²) < 4.78 is 5.47. The van der Waals surface area contributed by atoms with E-state index >= 15 is 0 Å². The molecule has 1 amide bonds. The molecule has 0 aliphatic heterocycles. The number of rotatable bonds is 5. The molecule has 1 aliphatic rings. The van der Waals surface area contributed by atoms with E-state index in [0.29, 0.717) is 12.5 Å². The van der Waals surface area contributed by atoms with Crippen molar-refractivity contribution >= 4 is 11.6 Å². The van der Waals surface area contributed by atoms with Crippen LogP contribution in [0.1, 0.15) is 19.8 Å². The summed E-state index contributed by atoms with van der Waals surface area (Å²) in [6.45, 7) is 2.48. The summed E-state index contributed by atoms with van der Waals surface area (Å²) in [6, 6.07) is 3.51. The van der Waals surface area contributed by atoms with Crippen molar-refractivity contribution in [1.82, 2.24) is 4.98 Å². The van der Waals surface area contributed by atoms with Crippen molar-refractivity contribution in [3.63, 3.8) is 0 Å². The topological polar surface area (TPSA) is 51.2 Å². The van der Waals surface area contributed by atoms with Crippen LogP contribution in [0.15, 0.2) is 24.5 Å². The lowest BCUT2D eigenvalue weighted by Crippen LogP contribution is -2.28. The molecule has 0 spiro atoms. The van der Waals surface area contributed by atoms with Crippen molar-refractivity contribution in [2.45, 2.75) is 25.9 Å². The van der Waals surface area contributed by atoms with Gasteiger partial charge in [-0.25, -0.2) is 0 Å². The third-order valence-electron chi connectivity index (χ3n) is 2.60. The molecule has 1 atom stereocenters. The number of carbonyl (C=O) groups is 1. The van der Waals surface area contributed by atoms with Gasteiger partial charge in [0.2, 0.25) is 0 Å². The molecule has 0 radical (unpaired) electrons. The Kier molecular flexibility index (Phi) is 3.51. The van der Waals surface area contributed by atoms with Crippen LogP contribution in [0, 0.1) is 5.92 Å². The number of carbonyl (C=O) groups excluding carboxylic acids is 1. The Bertz CT molecular complexity index is 349. The maximum atomic E-state index is 11.7. The molecule has 1 N–H and O–H groups in total. The Hall–Kier alpha value is -1.42. The maximum Gasteiger partial charge on any atom is 0.253 e. The summed E-state index contributed by atoms with van der Waals surface area (Å²) in [7, 11) is 0. The van der Waals surface area contributed by atoms with Gasteiger partial charge in [-0.05, 0) is 37.8 Å². The molecule has 1 aliphatic carbocycles. The van der Waals surface area contributed by atoms with Gasteiger partial charge in [0, 0.05) is 18.1 Å². The standard InChI is InChI=1S/C12H16N2O2/c1-9(16-8-10-2-3-10)12(15)14-11-4-6-13-7-5-11/h4-7,9-10H,2-3,8H2,1H3,(H,13,14,15)/t9-/m0/s1. The fraction of sp³-hybridized carbons (Fsp3) is 0.500. The molecule has 4 heteroatoms. The van der Waals surface area contributed by atoms with E-state index in [0.717, 1.165) is 5.69 Å². The van der Waals surface area contributed by atoms with Crippen LogP contribution in [-0.4, -0.2) is 23.6 Å². The molecule has 1 aromatic rings. The van der Waals surface area contributed by atoms with Crippen LogP contribution in [0.5, 0.6) is 0 Å². The molecule has 16 heavy (non-hydrogen) atoms. The van der Waals surface area contributed by atoms with Gasteiger partial charge in [0.1, 0.15) is 6.10 Å². The highest BCUT2D eigenvalue weighted by molar-refractivity contribution is 5.93. The van der Waals surface area contributed by atoms with Gasteiger partial charge in [0.25, 0.3) is 5.91 Å². The highest BCUT2D eigenvalue weighted by Crippen LogP contribution is 2.29. The van der Waals surface area contributed by atoms with Gasteiger partial charge in [-0.2, -0.15) is 0 Å². The van der Waals surface area contributed by atoms with E-state index in [-0.39, 0.29) is 5.91 Å². The van der Waals surface area contributed by atoms with Crippen molar-refractivity contribution in [2.75, 3.05) is 11.9 Å². The summed E-state index contributed by atoms with van der Waals surface area (Å²) in [4.78, 5) is 15.6. The molecule has 4 nitrogen and oxygen atoms in total. The number of pyridine rings is 1. The van der Waals surface area contributed by atoms with Crippen molar-refractivity contribution < 1.29 is 9.53 Å². The molecule has 0 bridgehead atoms. The van der Waals surface area contributed by atoms with Gasteiger partial charge in [-0.15, -0.1) is 0 Å². The molecular weight excluding hydrogens is 204 g/mol. The summed E-state index contributed by atoms with van der Waals surface area (Å²) in [6.07, 6.45) is 5.36. The average molecular weight is 220 g/mol. The minimum absolute atomic E-state index is 0.105. The lowest BCUT2D eigenvalue weighted by Gasteiger charge is -2.12. The molecule has 1 fully saturated rings. The van der Waals surface area contributed by atoms with Crippen molar-refractivity contribution in [3.8, 4) is 0 Å². The Morgan fingerprint density at radius 2 is 2.25 bits per heavy atom. The fourth-order valence-corrected chi connectivity index (χ4v) is 1.32. The van der Waals surface area contributed by atoms with Crippen LogP contribution in [0.2, 0.25) is 0 Å². The van der Waals surface area contributed by atoms with E-state index in [2.05, 4.69) is 10.3 Å². The van der Waals surface area contributed by atoms with Crippen molar-refractivity contribution in [2.24, 2.45) is 5.92 Å².